The molecule has 0 bridgehead atoms. The van der Waals surface area contributed by atoms with Gasteiger partial charge in [-0.05, 0) is 23.3 Å². The lowest BCUT2D eigenvalue weighted by atomic mass is 9.92. The number of hydrogen-bond donors (Lipinski definition) is 1. The highest BCUT2D eigenvalue weighted by Gasteiger charge is 2.17. The topological polar surface area (TPSA) is 35.0 Å². The SMILES string of the molecule is CC(c1ccc(F)cc1F)c1ccc(F)cc1F.N. The van der Waals surface area contributed by atoms with Crippen molar-refractivity contribution in [3.63, 3.8) is 0 Å². The quantitative estimate of drug-likeness (QED) is 0.798. The summed E-state index contributed by atoms with van der Waals surface area (Å²) in [5.74, 6) is -3.49. The van der Waals surface area contributed by atoms with E-state index in [0.717, 1.165) is 24.3 Å². The molecule has 0 heterocycles. The lowest BCUT2D eigenvalue weighted by Gasteiger charge is -2.14. The fourth-order valence-electron chi connectivity index (χ4n) is 1.87. The zero-order valence-electron chi connectivity index (χ0n) is 10.3. The largest absolute Gasteiger partial charge is 0.344 e. The van der Waals surface area contributed by atoms with Crippen molar-refractivity contribution in [1.82, 2.24) is 6.15 Å². The third kappa shape index (κ3) is 3.12. The van der Waals surface area contributed by atoms with Gasteiger partial charge in [-0.1, -0.05) is 19.1 Å². The van der Waals surface area contributed by atoms with E-state index in [4.69, 9.17) is 0 Å². The Balaban J connectivity index is 0.00000180. The molecule has 0 aliphatic heterocycles. The molecule has 3 N–H and O–H groups in total. The average Bonchev–Trinajstić information content (AvgIpc) is 2.28. The summed E-state index contributed by atoms with van der Waals surface area (Å²) in [6.45, 7) is 1.58. The number of benzene rings is 2. The Kier molecular flexibility index (Phi) is 4.67. The van der Waals surface area contributed by atoms with Crippen molar-refractivity contribution in [3.05, 3.63) is 70.8 Å². The van der Waals surface area contributed by atoms with Gasteiger partial charge in [0.25, 0.3) is 0 Å². The highest BCUT2D eigenvalue weighted by molar-refractivity contribution is 5.33. The van der Waals surface area contributed by atoms with Crippen LogP contribution < -0.4 is 6.15 Å². The lowest BCUT2D eigenvalue weighted by Crippen LogP contribution is -2.03. The van der Waals surface area contributed by atoms with Gasteiger partial charge in [0.1, 0.15) is 23.3 Å². The fraction of sp³-hybridized carbons (Fsp3) is 0.143. The van der Waals surface area contributed by atoms with E-state index in [9.17, 15) is 17.6 Å². The van der Waals surface area contributed by atoms with E-state index in [2.05, 4.69) is 0 Å². The van der Waals surface area contributed by atoms with Crippen LogP contribution in [0.4, 0.5) is 17.6 Å². The number of rotatable bonds is 2. The van der Waals surface area contributed by atoms with Crippen LogP contribution in [-0.4, -0.2) is 0 Å². The van der Waals surface area contributed by atoms with Crippen molar-refractivity contribution >= 4 is 0 Å². The minimum atomic E-state index is -0.744. The van der Waals surface area contributed by atoms with E-state index in [-0.39, 0.29) is 17.3 Å². The molecular weight excluding hydrogens is 258 g/mol. The van der Waals surface area contributed by atoms with E-state index >= 15 is 0 Å². The first kappa shape index (κ1) is 15.2. The maximum atomic E-state index is 13.6. The molecule has 0 spiro atoms. The lowest BCUT2D eigenvalue weighted by molar-refractivity contribution is 0.552. The van der Waals surface area contributed by atoms with Crippen molar-refractivity contribution in [3.8, 4) is 0 Å². The van der Waals surface area contributed by atoms with Gasteiger partial charge >= 0.3 is 0 Å². The molecule has 5 heteroatoms. The van der Waals surface area contributed by atoms with Crippen LogP contribution in [0.25, 0.3) is 0 Å². The van der Waals surface area contributed by atoms with Crippen molar-refractivity contribution in [2.75, 3.05) is 0 Å². The van der Waals surface area contributed by atoms with Crippen LogP contribution in [0, 0.1) is 23.3 Å². The predicted molar refractivity (Wildman–Crippen MR) is 65.3 cm³/mol. The van der Waals surface area contributed by atoms with Crippen LogP contribution in [0.3, 0.4) is 0 Å². The van der Waals surface area contributed by atoms with Gasteiger partial charge in [-0.25, -0.2) is 17.6 Å². The van der Waals surface area contributed by atoms with Crippen LogP contribution in [0.15, 0.2) is 36.4 Å². The molecule has 102 valence electrons. The first-order chi connectivity index (χ1) is 8.49. The molecule has 1 nitrogen and oxygen atoms in total. The summed E-state index contributed by atoms with van der Waals surface area (Å²) < 4.78 is 52.7. The van der Waals surface area contributed by atoms with Crippen LogP contribution in [0.2, 0.25) is 0 Å². The molecule has 0 saturated carbocycles. The van der Waals surface area contributed by atoms with Gasteiger partial charge in [-0.15, -0.1) is 0 Å². The maximum Gasteiger partial charge on any atom is 0.129 e. The Morgan fingerprint density at radius 3 is 1.42 bits per heavy atom. The zero-order chi connectivity index (χ0) is 13.3. The van der Waals surface area contributed by atoms with Crippen molar-refractivity contribution in [1.29, 1.82) is 0 Å². The van der Waals surface area contributed by atoms with E-state index in [0.29, 0.717) is 0 Å². The molecule has 0 aliphatic rings. The van der Waals surface area contributed by atoms with Gasteiger partial charge in [0.2, 0.25) is 0 Å². The summed E-state index contributed by atoms with van der Waals surface area (Å²) in [5.41, 5.74) is 0.337. The van der Waals surface area contributed by atoms with Crippen LogP contribution in [-0.2, 0) is 0 Å². The molecule has 19 heavy (non-hydrogen) atoms. The van der Waals surface area contributed by atoms with Crippen LogP contribution in [0.1, 0.15) is 24.0 Å². The summed E-state index contributed by atoms with van der Waals surface area (Å²) >= 11 is 0. The molecule has 0 aliphatic carbocycles. The summed E-state index contributed by atoms with van der Waals surface area (Å²) in [4.78, 5) is 0. The van der Waals surface area contributed by atoms with Crippen molar-refractivity contribution in [2.45, 2.75) is 12.8 Å². The first-order valence-electron chi connectivity index (χ1n) is 5.39. The Morgan fingerprint density at radius 2 is 1.11 bits per heavy atom. The molecule has 0 saturated heterocycles. The molecular formula is C14H13F4N. The molecule has 2 rings (SSSR count). The molecule has 0 unspecified atom stereocenters. The third-order valence-electron chi connectivity index (χ3n) is 2.86. The predicted octanol–water partition coefficient (Wildman–Crippen LogP) is 4.56. The molecule has 0 radical (unpaired) electrons. The Hall–Kier alpha value is -1.88. The van der Waals surface area contributed by atoms with Gasteiger partial charge in [-0.3, -0.25) is 0 Å². The van der Waals surface area contributed by atoms with Gasteiger partial charge in [0.05, 0.1) is 0 Å². The van der Waals surface area contributed by atoms with E-state index < -0.39 is 29.2 Å². The highest BCUT2D eigenvalue weighted by Crippen LogP contribution is 2.28. The average molecular weight is 271 g/mol. The third-order valence-corrected chi connectivity index (χ3v) is 2.86. The minimum Gasteiger partial charge on any atom is -0.344 e. The Bertz CT molecular complexity index is 532. The van der Waals surface area contributed by atoms with Crippen LogP contribution >= 0.6 is 0 Å². The first-order valence-corrected chi connectivity index (χ1v) is 5.39. The second-order valence-electron chi connectivity index (χ2n) is 4.05. The van der Waals surface area contributed by atoms with Gasteiger partial charge < -0.3 is 6.15 Å². The molecule has 0 amide bonds. The summed E-state index contributed by atoms with van der Waals surface area (Å²) in [6.07, 6.45) is 0. The second kappa shape index (κ2) is 5.84. The monoisotopic (exact) mass is 271 g/mol. The Labute approximate surface area is 108 Å². The molecule has 2 aromatic rings. The summed E-state index contributed by atoms with van der Waals surface area (Å²) in [6, 6.07) is 6.23. The van der Waals surface area contributed by atoms with E-state index in [1.165, 1.54) is 12.1 Å². The van der Waals surface area contributed by atoms with Crippen LogP contribution in [0.5, 0.6) is 0 Å². The van der Waals surface area contributed by atoms with E-state index in [1.54, 1.807) is 6.92 Å². The number of halogens is 4. The molecule has 0 aromatic heterocycles. The second-order valence-corrected chi connectivity index (χ2v) is 4.05. The minimum absolute atomic E-state index is 0. The summed E-state index contributed by atoms with van der Waals surface area (Å²) in [7, 11) is 0. The van der Waals surface area contributed by atoms with E-state index in [1.807, 2.05) is 0 Å². The maximum absolute atomic E-state index is 13.6. The Morgan fingerprint density at radius 1 is 0.737 bits per heavy atom. The summed E-state index contributed by atoms with van der Waals surface area (Å²) in [5, 5.41) is 0. The van der Waals surface area contributed by atoms with Crippen molar-refractivity contribution < 1.29 is 17.6 Å². The van der Waals surface area contributed by atoms with Gasteiger partial charge in [-0.2, -0.15) is 0 Å². The molecule has 0 atom stereocenters. The highest BCUT2D eigenvalue weighted by atomic mass is 19.1. The standard InChI is InChI=1S/C14H10F4.H3N/c1-8(11-4-2-9(15)6-13(11)17)12-5-3-10(16)7-14(12)18;/h2-8H,1H3;1H3. The molecule has 0 fully saturated rings. The fourth-order valence-corrected chi connectivity index (χ4v) is 1.87. The van der Waals surface area contributed by atoms with Crippen molar-refractivity contribution in [2.24, 2.45) is 0 Å². The molecule has 2 aromatic carbocycles. The zero-order valence-corrected chi connectivity index (χ0v) is 10.3. The van der Waals surface area contributed by atoms with Gasteiger partial charge in [0.15, 0.2) is 0 Å². The normalized spacial score (nSPS) is 10.4. The number of hydrogen-bond acceptors (Lipinski definition) is 1. The smallest absolute Gasteiger partial charge is 0.129 e. The van der Waals surface area contributed by atoms with Gasteiger partial charge in [0, 0.05) is 18.1 Å².